The Kier molecular flexibility index (Phi) is 5.71. The van der Waals surface area contributed by atoms with Crippen LogP contribution < -0.4 is 5.32 Å². The van der Waals surface area contributed by atoms with E-state index in [1.165, 1.54) is 10.9 Å². The molecule has 0 aromatic carbocycles. The SMILES string of the molecule is COCCCNC(=O)C(C)n1cc(Cl)c([N+](=O)[O-])n1. The molecule has 1 heterocycles. The van der Waals surface area contributed by atoms with E-state index in [1.54, 1.807) is 14.0 Å². The minimum atomic E-state index is -0.692. The second-order valence-electron chi connectivity index (χ2n) is 3.85. The van der Waals surface area contributed by atoms with Gasteiger partial charge >= 0.3 is 5.82 Å². The van der Waals surface area contributed by atoms with Crippen LogP contribution >= 0.6 is 11.6 Å². The third-order valence-electron chi connectivity index (χ3n) is 2.44. The predicted molar refractivity (Wildman–Crippen MR) is 68.1 cm³/mol. The van der Waals surface area contributed by atoms with Gasteiger partial charge in [-0.25, -0.2) is 0 Å². The summed E-state index contributed by atoms with van der Waals surface area (Å²) in [6, 6.07) is -0.672. The van der Waals surface area contributed by atoms with E-state index in [2.05, 4.69) is 10.4 Å². The van der Waals surface area contributed by atoms with Crippen molar-refractivity contribution in [3.8, 4) is 0 Å². The molecule has 0 saturated carbocycles. The molecular weight excluding hydrogens is 276 g/mol. The van der Waals surface area contributed by atoms with Crippen molar-refractivity contribution < 1.29 is 14.5 Å². The molecule has 106 valence electrons. The molecular formula is C10H15ClN4O4. The fourth-order valence-corrected chi connectivity index (χ4v) is 1.58. The van der Waals surface area contributed by atoms with Gasteiger partial charge in [0.1, 0.15) is 6.04 Å². The first-order valence-electron chi connectivity index (χ1n) is 5.63. The number of nitrogens with one attached hydrogen (secondary N) is 1. The van der Waals surface area contributed by atoms with Gasteiger partial charge in [-0.05, 0) is 18.3 Å². The Morgan fingerprint density at radius 1 is 1.74 bits per heavy atom. The summed E-state index contributed by atoms with van der Waals surface area (Å²) < 4.78 is 6.03. The van der Waals surface area contributed by atoms with Gasteiger partial charge in [-0.2, -0.15) is 4.68 Å². The van der Waals surface area contributed by atoms with Gasteiger partial charge in [0.2, 0.25) is 5.91 Å². The fraction of sp³-hybridized carbons (Fsp3) is 0.600. The van der Waals surface area contributed by atoms with Gasteiger partial charge in [0.25, 0.3) is 0 Å². The van der Waals surface area contributed by atoms with Gasteiger partial charge in [0.05, 0.1) is 11.3 Å². The number of hydrogen-bond acceptors (Lipinski definition) is 5. The maximum absolute atomic E-state index is 11.8. The van der Waals surface area contributed by atoms with Crippen molar-refractivity contribution in [2.75, 3.05) is 20.3 Å². The molecule has 1 N–H and O–H groups in total. The van der Waals surface area contributed by atoms with Crippen LogP contribution in [-0.2, 0) is 9.53 Å². The van der Waals surface area contributed by atoms with E-state index >= 15 is 0 Å². The molecule has 0 fully saturated rings. The Bertz CT molecular complexity index is 462. The lowest BCUT2D eigenvalue weighted by molar-refractivity contribution is -0.389. The number of amides is 1. The van der Waals surface area contributed by atoms with Gasteiger partial charge < -0.3 is 20.2 Å². The number of carbonyl (C=O) groups is 1. The summed E-state index contributed by atoms with van der Waals surface area (Å²) in [5.41, 5.74) is 0. The van der Waals surface area contributed by atoms with Crippen LogP contribution in [0.15, 0.2) is 6.20 Å². The van der Waals surface area contributed by atoms with Gasteiger partial charge in [0, 0.05) is 20.3 Å². The second kappa shape index (κ2) is 7.05. The van der Waals surface area contributed by atoms with Crippen LogP contribution in [0, 0.1) is 10.1 Å². The van der Waals surface area contributed by atoms with Crippen LogP contribution in [0.5, 0.6) is 0 Å². The molecule has 0 aliphatic rings. The highest BCUT2D eigenvalue weighted by Crippen LogP contribution is 2.23. The topological polar surface area (TPSA) is 99.3 Å². The van der Waals surface area contributed by atoms with Crippen molar-refractivity contribution in [3.63, 3.8) is 0 Å². The van der Waals surface area contributed by atoms with E-state index in [0.717, 1.165) is 0 Å². The maximum Gasteiger partial charge on any atom is 0.408 e. The second-order valence-corrected chi connectivity index (χ2v) is 4.26. The Morgan fingerprint density at radius 2 is 2.42 bits per heavy atom. The number of carbonyl (C=O) groups excluding carboxylic acids is 1. The summed E-state index contributed by atoms with van der Waals surface area (Å²) in [5.74, 6) is -0.745. The van der Waals surface area contributed by atoms with Gasteiger partial charge in [-0.3, -0.25) is 4.79 Å². The fourth-order valence-electron chi connectivity index (χ4n) is 1.38. The van der Waals surface area contributed by atoms with E-state index in [-0.39, 0.29) is 10.9 Å². The lowest BCUT2D eigenvalue weighted by Gasteiger charge is -2.09. The zero-order chi connectivity index (χ0) is 14.4. The van der Waals surface area contributed by atoms with Gasteiger partial charge in [-0.15, -0.1) is 0 Å². The van der Waals surface area contributed by atoms with E-state index in [1.807, 2.05) is 0 Å². The molecule has 0 saturated heterocycles. The number of methoxy groups -OCH3 is 1. The minimum Gasteiger partial charge on any atom is -0.385 e. The van der Waals surface area contributed by atoms with Crippen LogP contribution in [0.25, 0.3) is 0 Å². The van der Waals surface area contributed by atoms with E-state index in [0.29, 0.717) is 19.6 Å². The Hall–Kier alpha value is -1.67. The quantitative estimate of drug-likeness (QED) is 0.461. The molecule has 1 unspecified atom stereocenters. The molecule has 0 spiro atoms. The number of halogens is 1. The van der Waals surface area contributed by atoms with Crippen LogP contribution in [0.2, 0.25) is 5.02 Å². The predicted octanol–water partition coefficient (Wildman–Crippen LogP) is 1.16. The molecule has 19 heavy (non-hydrogen) atoms. The average molecular weight is 291 g/mol. The van der Waals surface area contributed by atoms with Crippen LogP contribution in [-0.4, -0.2) is 40.9 Å². The number of hydrogen-bond donors (Lipinski definition) is 1. The summed E-state index contributed by atoms with van der Waals surface area (Å²) in [6.45, 7) is 2.60. The van der Waals surface area contributed by atoms with E-state index in [9.17, 15) is 14.9 Å². The highest BCUT2D eigenvalue weighted by atomic mass is 35.5. The zero-order valence-electron chi connectivity index (χ0n) is 10.6. The molecule has 9 heteroatoms. The molecule has 8 nitrogen and oxygen atoms in total. The van der Waals surface area contributed by atoms with Crippen LogP contribution in [0.4, 0.5) is 5.82 Å². The van der Waals surface area contributed by atoms with Crippen molar-refractivity contribution in [1.29, 1.82) is 0 Å². The normalized spacial score (nSPS) is 12.2. The Labute approximate surface area is 114 Å². The molecule has 0 bridgehead atoms. The number of ether oxygens (including phenoxy) is 1. The first kappa shape index (κ1) is 15.4. The summed E-state index contributed by atoms with van der Waals surface area (Å²) in [6.07, 6.45) is 1.95. The summed E-state index contributed by atoms with van der Waals surface area (Å²) >= 11 is 5.66. The monoisotopic (exact) mass is 290 g/mol. The summed E-state index contributed by atoms with van der Waals surface area (Å²) in [5, 5.41) is 16.9. The van der Waals surface area contributed by atoms with Crippen LogP contribution in [0.1, 0.15) is 19.4 Å². The standard InChI is InChI=1S/C10H15ClN4O4/c1-7(10(16)12-4-3-5-19-2)14-6-8(11)9(13-14)15(17)18/h6-7H,3-5H2,1-2H3,(H,12,16). The van der Waals surface area contributed by atoms with Crippen molar-refractivity contribution in [3.05, 3.63) is 21.3 Å². The minimum absolute atomic E-state index is 0.0935. The van der Waals surface area contributed by atoms with Crippen LogP contribution in [0.3, 0.4) is 0 Å². The summed E-state index contributed by atoms with van der Waals surface area (Å²) in [7, 11) is 1.58. The molecule has 1 atom stereocenters. The number of nitro groups is 1. The number of aromatic nitrogens is 2. The molecule has 1 amide bonds. The van der Waals surface area contributed by atoms with Crippen molar-refractivity contribution >= 4 is 23.3 Å². The highest BCUT2D eigenvalue weighted by Gasteiger charge is 2.25. The molecule has 0 aliphatic carbocycles. The van der Waals surface area contributed by atoms with E-state index in [4.69, 9.17) is 16.3 Å². The van der Waals surface area contributed by atoms with Crippen molar-refractivity contribution in [2.45, 2.75) is 19.4 Å². The summed E-state index contributed by atoms with van der Waals surface area (Å²) in [4.78, 5) is 21.7. The molecule has 1 aromatic heterocycles. The molecule has 1 aromatic rings. The first-order valence-corrected chi connectivity index (χ1v) is 6.01. The Morgan fingerprint density at radius 3 is 2.95 bits per heavy atom. The third-order valence-corrected chi connectivity index (χ3v) is 2.71. The molecule has 0 radical (unpaired) electrons. The van der Waals surface area contributed by atoms with E-state index < -0.39 is 16.8 Å². The average Bonchev–Trinajstić information content (AvgIpc) is 2.75. The number of nitrogens with zero attached hydrogens (tertiary/aromatic N) is 3. The highest BCUT2D eigenvalue weighted by molar-refractivity contribution is 6.32. The maximum atomic E-state index is 11.8. The van der Waals surface area contributed by atoms with Gasteiger partial charge in [0.15, 0.2) is 5.02 Å². The molecule has 1 rings (SSSR count). The van der Waals surface area contributed by atoms with Crippen molar-refractivity contribution in [2.24, 2.45) is 0 Å². The lowest BCUT2D eigenvalue weighted by atomic mass is 10.3. The molecule has 0 aliphatic heterocycles. The lowest BCUT2D eigenvalue weighted by Crippen LogP contribution is -2.32. The van der Waals surface area contributed by atoms with Crippen molar-refractivity contribution in [1.82, 2.24) is 15.1 Å². The number of rotatable bonds is 7. The first-order chi connectivity index (χ1) is 8.97. The third kappa shape index (κ3) is 4.18. The largest absolute Gasteiger partial charge is 0.408 e. The van der Waals surface area contributed by atoms with Gasteiger partial charge in [-0.1, -0.05) is 11.6 Å². The smallest absolute Gasteiger partial charge is 0.385 e. The zero-order valence-corrected chi connectivity index (χ0v) is 11.4. The Balaban J connectivity index is 2.61.